The second-order valence-corrected chi connectivity index (χ2v) is 12.8. The molecule has 3 aromatic carbocycles. The van der Waals surface area contributed by atoms with E-state index in [-0.39, 0.29) is 39.1 Å². The lowest BCUT2D eigenvalue weighted by molar-refractivity contribution is -0.140. The molecule has 40 heavy (non-hydrogen) atoms. The number of benzene rings is 3. The highest BCUT2D eigenvalue weighted by Crippen LogP contribution is 2.33. The normalized spacial score (nSPS) is 12.2. The molecule has 0 fully saturated rings. The van der Waals surface area contributed by atoms with Crippen molar-refractivity contribution in [3.8, 4) is 0 Å². The first-order chi connectivity index (χ1) is 18.8. The lowest BCUT2D eigenvalue weighted by atomic mass is 10.1. The third kappa shape index (κ3) is 7.91. The van der Waals surface area contributed by atoms with Gasteiger partial charge in [-0.15, -0.1) is 0 Å². The van der Waals surface area contributed by atoms with E-state index < -0.39 is 28.5 Å². The highest BCUT2D eigenvalue weighted by atomic mass is 35.5. The molecule has 7 nitrogen and oxygen atoms in total. The zero-order valence-electron chi connectivity index (χ0n) is 22.7. The van der Waals surface area contributed by atoms with E-state index in [4.69, 9.17) is 34.8 Å². The Balaban J connectivity index is 2.10. The van der Waals surface area contributed by atoms with Crippen molar-refractivity contribution in [2.24, 2.45) is 0 Å². The van der Waals surface area contributed by atoms with Crippen LogP contribution in [0.1, 0.15) is 38.3 Å². The first-order valence-electron chi connectivity index (χ1n) is 12.7. The monoisotopic (exact) mass is 623 g/mol. The minimum Gasteiger partial charge on any atom is -0.352 e. The second-order valence-electron chi connectivity index (χ2n) is 9.66. The van der Waals surface area contributed by atoms with Gasteiger partial charge in [0, 0.05) is 22.6 Å². The topological polar surface area (TPSA) is 86.8 Å². The van der Waals surface area contributed by atoms with Gasteiger partial charge in [-0.25, -0.2) is 8.42 Å². The van der Waals surface area contributed by atoms with E-state index in [1.807, 2.05) is 20.8 Å². The van der Waals surface area contributed by atoms with Gasteiger partial charge in [-0.05, 0) is 75.2 Å². The maximum atomic E-state index is 14.1. The van der Waals surface area contributed by atoms with Crippen LogP contribution in [0.25, 0.3) is 0 Å². The van der Waals surface area contributed by atoms with Gasteiger partial charge in [-0.2, -0.15) is 0 Å². The van der Waals surface area contributed by atoms with Crippen molar-refractivity contribution in [1.82, 2.24) is 10.2 Å². The van der Waals surface area contributed by atoms with Gasteiger partial charge < -0.3 is 10.2 Å². The Morgan fingerprint density at radius 2 is 1.50 bits per heavy atom. The zero-order valence-corrected chi connectivity index (χ0v) is 25.8. The number of nitrogens with zero attached hydrogens (tertiary/aromatic N) is 2. The van der Waals surface area contributed by atoms with Gasteiger partial charge in [-0.1, -0.05) is 71.6 Å². The molecule has 3 aromatic rings. The number of carbonyl (C=O) groups excluding carboxylic acids is 2. The van der Waals surface area contributed by atoms with Crippen molar-refractivity contribution in [1.29, 1.82) is 0 Å². The summed E-state index contributed by atoms with van der Waals surface area (Å²) in [6.07, 6.45) is 0.306. The summed E-state index contributed by atoms with van der Waals surface area (Å²) in [6, 6.07) is 16.5. The fraction of sp³-hybridized carbons (Fsp3) is 0.310. The van der Waals surface area contributed by atoms with E-state index in [0.717, 1.165) is 15.4 Å². The number of sulfonamides is 1. The van der Waals surface area contributed by atoms with E-state index in [9.17, 15) is 18.0 Å². The molecule has 0 saturated heterocycles. The molecule has 0 bridgehead atoms. The summed E-state index contributed by atoms with van der Waals surface area (Å²) in [7, 11) is -4.26. The van der Waals surface area contributed by atoms with Gasteiger partial charge >= 0.3 is 0 Å². The third-order valence-corrected chi connectivity index (χ3v) is 8.73. The van der Waals surface area contributed by atoms with Crippen molar-refractivity contribution in [2.75, 3.05) is 10.8 Å². The highest BCUT2D eigenvalue weighted by molar-refractivity contribution is 7.92. The van der Waals surface area contributed by atoms with Gasteiger partial charge in [-0.3, -0.25) is 13.9 Å². The van der Waals surface area contributed by atoms with Crippen LogP contribution in [0.3, 0.4) is 0 Å². The molecular weight excluding hydrogens is 593 g/mol. The highest BCUT2D eigenvalue weighted by Gasteiger charge is 2.34. The summed E-state index contributed by atoms with van der Waals surface area (Å²) in [5, 5.41) is 3.73. The Bertz CT molecular complexity index is 1450. The fourth-order valence-corrected chi connectivity index (χ4v) is 6.10. The van der Waals surface area contributed by atoms with Gasteiger partial charge in [0.25, 0.3) is 10.0 Å². The standard InChI is InChI=1S/C29H32Cl3N3O4S/c1-5-26(29(37)33-19(2)3)34(17-21-8-10-22(30)11-9-21)28(36)18-35(27-16-23(31)12-15-25(27)32)40(38,39)24-13-6-20(4)7-14-24/h6-16,19,26H,5,17-18H2,1-4H3,(H,33,37)/t26-/m0/s1. The Kier molecular flexibility index (Phi) is 10.9. The number of carbonyl (C=O) groups is 2. The number of hydrogen-bond acceptors (Lipinski definition) is 4. The minimum absolute atomic E-state index is 0.0178. The molecule has 0 aliphatic rings. The smallest absolute Gasteiger partial charge is 0.264 e. The van der Waals surface area contributed by atoms with Crippen molar-refractivity contribution in [3.63, 3.8) is 0 Å². The Labute approximate surface area is 251 Å². The van der Waals surface area contributed by atoms with Crippen molar-refractivity contribution < 1.29 is 18.0 Å². The Hall–Kier alpha value is -2.78. The Morgan fingerprint density at radius 1 is 0.900 bits per heavy atom. The summed E-state index contributed by atoms with van der Waals surface area (Å²) in [6.45, 7) is 6.73. The first kappa shape index (κ1) is 31.7. The average molecular weight is 625 g/mol. The molecule has 0 aliphatic carbocycles. The number of aryl methyl sites for hydroxylation is 1. The van der Waals surface area contributed by atoms with E-state index in [2.05, 4.69) is 5.32 Å². The molecule has 0 saturated carbocycles. The number of amides is 2. The van der Waals surface area contributed by atoms with E-state index in [1.54, 1.807) is 43.3 Å². The summed E-state index contributed by atoms with van der Waals surface area (Å²) in [5.74, 6) is -0.930. The van der Waals surface area contributed by atoms with E-state index in [0.29, 0.717) is 11.4 Å². The summed E-state index contributed by atoms with van der Waals surface area (Å²) in [4.78, 5) is 28.6. The van der Waals surface area contributed by atoms with Gasteiger partial charge in [0.1, 0.15) is 12.6 Å². The largest absolute Gasteiger partial charge is 0.352 e. The molecule has 0 aliphatic heterocycles. The van der Waals surface area contributed by atoms with Crippen LogP contribution in [-0.4, -0.2) is 43.8 Å². The lowest BCUT2D eigenvalue weighted by Gasteiger charge is -2.33. The third-order valence-electron chi connectivity index (χ3n) is 6.15. The second kappa shape index (κ2) is 13.7. The van der Waals surface area contributed by atoms with Gasteiger partial charge in [0.2, 0.25) is 11.8 Å². The van der Waals surface area contributed by atoms with Crippen molar-refractivity contribution in [3.05, 3.63) is 92.9 Å². The number of hydrogen-bond donors (Lipinski definition) is 1. The molecule has 2 amide bonds. The summed E-state index contributed by atoms with van der Waals surface area (Å²) < 4.78 is 28.8. The summed E-state index contributed by atoms with van der Waals surface area (Å²) in [5.41, 5.74) is 1.65. The van der Waals surface area contributed by atoms with E-state index in [1.165, 1.54) is 35.2 Å². The number of rotatable bonds is 11. The molecule has 0 spiro atoms. The maximum Gasteiger partial charge on any atom is 0.264 e. The summed E-state index contributed by atoms with van der Waals surface area (Å²) >= 11 is 18.7. The van der Waals surface area contributed by atoms with Crippen molar-refractivity contribution >= 4 is 62.3 Å². The van der Waals surface area contributed by atoms with Crippen LogP contribution < -0.4 is 9.62 Å². The molecule has 11 heteroatoms. The quantitative estimate of drug-likeness (QED) is 0.265. The number of nitrogens with one attached hydrogen (secondary N) is 1. The van der Waals surface area contributed by atoms with Crippen molar-refractivity contribution in [2.45, 2.75) is 57.6 Å². The molecule has 0 aromatic heterocycles. The molecule has 1 N–H and O–H groups in total. The van der Waals surface area contributed by atoms with Gasteiger partial charge in [0.05, 0.1) is 15.6 Å². The van der Waals surface area contributed by atoms with Crippen LogP contribution in [0, 0.1) is 6.92 Å². The van der Waals surface area contributed by atoms with Crippen LogP contribution in [0.4, 0.5) is 5.69 Å². The van der Waals surface area contributed by atoms with Crippen LogP contribution in [-0.2, 0) is 26.2 Å². The molecular formula is C29H32Cl3N3O4S. The fourth-order valence-electron chi connectivity index (χ4n) is 4.11. The Morgan fingerprint density at radius 3 is 2.08 bits per heavy atom. The van der Waals surface area contributed by atoms with Crippen LogP contribution in [0.5, 0.6) is 0 Å². The van der Waals surface area contributed by atoms with Crippen LogP contribution in [0.15, 0.2) is 71.6 Å². The molecule has 0 unspecified atom stereocenters. The number of halogens is 3. The molecule has 1 atom stereocenters. The molecule has 0 heterocycles. The van der Waals surface area contributed by atoms with Crippen LogP contribution in [0.2, 0.25) is 15.1 Å². The predicted octanol–water partition coefficient (Wildman–Crippen LogP) is 6.48. The molecule has 214 valence electrons. The average Bonchev–Trinajstić information content (AvgIpc) is 2.89. The number of anilines is 1. The maximum absolute atomic E-state index is 14.1. The van der Waals surface area contributed by atoms with E-state index >= 15 is 0 Å². The molecule has 3 rings (SSSR count). The SMILES string of the molecule is CC[C@@H](C(=O)NC(C)C)N(Cc1ccc(Cl)cc1)C(=O)CN(c1cc(Cl)ccc1Cl)S(=O)(=O)c1ccc(C)cc1. The first-order valence-corrected chi connectivity index (χ1v) is 15.3. The zero-order chi connectivity index (χ0) is 29.6. The minimum atomic E-state index is -4.26. The molecule has 0 radical (unpaired) electrons. The predicted molar refractivity (Wildman–Crippen MR) is 162 cm³/mol. The van der Waals surface area contributed by atoms with Gasteiger partial charge in [0.15, 0.2) is 0 Å². The lowest BCUT2D eigenvalue weighted by Crippen LogP contribution is -2.53. The van der Waals surface area contributed by atoms with Crippen LogP contribution >= 0.6 is 34.8 Å².